The van der Waals surface area contributed by atoms with Crippen LogP contribution in [0.3, 0.4) is 0 Å². The SMILES string of the molecule is Cc1ccc(CC(C)NC(=O)c2cc(F)ccc2Br)s1. The van der Waals surface area contributed by atoms with Crippen LogP contribution < -0.4 is 5.32 Å². The number of rotatable bonds is 4. The first-order chi connectivity index (χ1) is 9.45. The highest BCUT2D eigenvalue weighted by Crippen LogP contribution is 2.19. The van der Waals surface area contributed by atoms with Gasteiger partial charge in [0.2, 0.25) is 0 Å². The Bertz CT molecular complexity index is 626. The molecule has 106 valence electrons. The molecule has 0 aliphatic heterocycles. The van der Waals surface area contributed by atoms with Crippen molar-refractivity contribution in [3.63, 3.8) is 0 Å². The summed E-state index contributed by atoms with van der Waals surface area (Å²) < 4.78 is 13.8. The third-order valence-corrected chi connectivity index (χ3v) is 4.57. The molecule has 1 unspecified atom stereocenters. The number of hydrogen-bond acceptors (Lipinski definition) is 2. The van der Waals surface area contributed by atoms with Gasteiger partial charge < -0.3 is 5.32 Å². The first-order valence-corrected chi connectivity index (χ1v) is 7.88. The standard InChI is InChI=1S/C15H15BrFNOS/c1-9(7-12-5-3-10(2)20-12)18-15(19)13-8-11(17)4-6-14(13)16/h3-6,8-9H,7H2,1-2H3,(H,18,19). The molecule has 0 saturated carbocycles. The lowest BCUT2D eigenvalue weighted by Gasteiger charge is -2.13. The summed E-state index contributed by atoms with van der Waals surface area (Å²) in [6.07, 6.45) is 0.775. The smallest absolute Gasteiger partial charge is 0.252 e. The minimum atomic E-state index is -0.417. The molecule has 1 N–H and O–H groups in total. The zero-order chi connectivity index (χ0) is 14.7. The van der Waals surface area contributed by atoms with Crippen molar-refractivity contribution < 1.29 is 9.18 Å². The molecule has 1 atom stereocenters. The lowest BCUT2D eigenvalue weighted by atomic mass is 10.1. The first-order valence-electron chi connectivity index (χ1n) is 6.27. The normalized spacial score (nSPS) is 12.2. The molecule has 1 amide bonds. The Hall–Kier alpha value is -1.20. The van der Waals surface area contributed by atoms with E-state index in [-0.39, 0.29) is 11.9 Å². The quantitative estimate of drug-likeness (QED) is 0.869. The maximum absolute atomic E-state index is 13.2. The molecule has 0 saturated heterocycles. The summed E-state index contributed by atoms with van der Waals surface area (Å²) in [6.45, 7) is 4.00. The van der Waals surface area contributed by atoms with Gasteiger partial charge in [0.15, 0.2) is 0 Å². The Kier molecular flexibility index (Phi) is 4.94. The van der Waals surface area contributed by atoms with Crippen LogP contribution in [0.5, 0.6) is 0 Å². The summed E-state index contributed by atoms with van der Waals surface area (Å²) in [5.74, 6) is -0.683. The molecule has 1 aromatic heterocycles. The monoisotopic (exact) mass is 355 g/mol. The van der Waals surface area contributed by atoms with Crippen molar-refractivity contribution in [3.05, 3.63) is 55.9 Å². The maximum atomic E-state index is 13.2. The second-order valence-corrected chi connectivity index (χ2v) is 6.94. The van der Waals surface area contributed by atoms with Crippen molar-refractivity contribution in [1.29, 1.82) is 0 Å². The van der Waals surface area contributed by atoms with Gasteiger partial charge in [0.05, 0.1) is 5.56 Å². The number of carbonyl (C=O) groups is 1. The van der Waals surface area contributed by atoms with E-state index in [1.807, 2.05) is 6.92 Å². The fraction of sp³-hybridized carbons (Fsp3) is 0.267. The second kappa shape index (κ2) is 6.50. The van der Waals surface area contributed by atoms with Crippen LogP contribution in [-0.2, 0) is 6.42 Å². The van der Waals surface area contributed by atoms with Crippen LogP contribution in [0.25, 0.3) is 0 Å². The highest BCUT2D eigenvalue weighted by Gasteiger charge is 2.14. The van der Waals surface area contributed by atoms with Gasteiger partial charge in [0, 0.05) is 26.7 Å². The van der Waals surface area contributed by atoms with E-state index < -0.39 is 5.82 Å². The molecule has 0 spiro atoms. The van der Waals surface area contributed by atoms with Crippen LogP contribution in [0, 0.1) is 12.7 Å². The molecular formula is C15H15BrFNOS. The average molecular weight is 356 g/mol. The minimum absolute atomic E-state index is 0.00397. The number of thiophene rings is 1. The zero-order valence-electron chi connectivity index (χ0n) is 11.2. The van der Waals surface area contributed by atoms with E-state index in [1.54, 1.807) is 11.3 Å². The molecule has 5 heteroatoms. The van der Waals surface area contributed by atoms with Gasteiger partial charge in [0.25, 0.3) is 5.91 Å². The maximum Gasteiger partial charge on any atom is 0.252 e. The van der Waals surface area contributed by atoms with Crippen molar-refractivity contribution >= 4 is 33.2 Å². The van der Waals surface area contributed by atoms with Gasteiger partial charge in [-0.15, -0.1) is 11.3 Å². The molecule has 0 radical (unpaired) electrons. The third-order valence-electron chi connectivity index (χ3n) is 2.85. The van der Waals surface area contributed by atoms with E-state index >= 15 is 0 Å². The number of benzene rings is 1. The van der Waals surface area contributed by atoms with Gasteiger partial charge in [-0.25, -0.2) is 4.39 Å². The minimum Gasteiger partial charge on any atom is -0.349 e. The summed E-state index contributed by atoms with van der Waals surface area (Å²) in [5, 5.41) is 2.89. The van der Waals surface area contributed by atoms with Crippen molar-refractivity contribution in [2.24, 2.45) is 0 Å². The highest BCUT2D eigenvalue weighted by molar-refractivity contribution is 9.10. The number of hydrogen-bond donors (Lipinski definition) is 1. The largest absolute Gasteiger partial charge is 0.349 e. The van der Waals surface area contributed by atoms with Gasteiger partial charge in [-0.05, 0) is 60.1 Å². The predicted molar refractivity (Wildman–Crippen MR) is 83.8 cm³/mol. The van der Waals surface area contributed by atoms with Gasteiger partial charge in [0.1, 0.15) is 5.82 Å². The molecule has 2 aromatic rings. The van der Waals surface area contributed by atoms with Gasteiger partial charge in [-0.1, -0.05) is 0 Å². The van der Waals surface area contributed by atoms with Crippen molar-refractivity contribution in [3.8, 4) is 0 Å². The van der Waals surface area contributed by atoms with E-state index in [2.05, 4.69) is 40.3 Å². The summed E-state index contributed by atoms with van der Waals surface area (Å²) in [7, 11) is 0. The van der Waals surface area contributed by atoms with E-state index in [4.69, 9.17) is 0 Å². The highest BCUT2D eigenvalue weighted by atomic mass is 79.9. The lowest BCUT2D eigenvalue weighted by molar-refractivity contribution is 0.0939. The average Bonchev–Trinajstić information content (AvgIpc) is 2.77. The van der Waals surface area contributed by atoms with Crippen LogP contribution in [0.2, 0.25) is 0 Å². The topological polar surface area (TPSA) is 29.1 Å². The van der Waals surface area contributed by atoms with Gasteiger partial charge in [-0.3, -0.25) is 4.79 Å². The fourth-order valence-corrected chi connectivity index (χ4v) is 3.37. The molecule has 2 rings (SSSR count). The number of aryl methyl sites for hydroxylation is 1. The Morgan fingerprint density at radius 2 is 2.15 bits per heavy atom. The van der Waals surface area contributed by atoms with Crippen LogP contribution in [0.15, 0.2) is 34.8 Å². The second-order valence-electron chi connectivity index (χ2n) is 4.72. The Morgan fingerprint density at radius 3 is 2.80 bits per heavy atom. The van der Waals surface area contributed by atoms with Crippen molar-refractivity contribution in [2.45, 2.75) is 26.3 Å². The van der Waals surface area contributed by atoms with Crippen LogP contribution >= 0.6 is 27.3 Å². The fourth-order valence-electron chi connectivity index (χ4n) is 1.92. The van der Waals surface area contributed by atoms with Crippen molar-refractivity contribution in [1.82, 2.24) is 5.32 Å². The van der Waals surface area contributed by atoms with Crippen molar-refractivity contribution in [2.75, 3.05) is 0 Å². The van der Waals surface area contributed by atoms with E-state index in [9.17, 15) is 9.18 Å². The van der Waals surface area contributed by atoms with E-state index in [0.29, 0.717) is 10.0 Å². The van der Waals surface area contributed by atoms with E-state index in [1.165, 1.54) is 28.0 Å². The number of halogens is 2. The number of nitrogens with one attached hydrogen (secondary N) is 1. The van der Waals surface area contributed by atoms with E-state index in [0.717, 1.165) is 6.42 Å². The van der Waals surface area contributed by atoms with Crippen LogP contribution in [0.4, 0.5) is 4.39 Å². The molecule has 0 aliphatic carbocycles. The summed E-state index contributed by atoms with van der Waals surface area (Å²) >= 11 is 4.99. The number of amides is 1. The molecule has 0 aliphatic rings. The molecule has 0 fully saturated rings. The summed E-state index contributed by atoms with van der Waals surface area (Å²) in [6, 6.07) is 8.23. The van der Waals surface area contributed by atoms with Crippen LogP contribution in [0.1, 0.15) is 27.0 Å². The Balaban J connectivity index is 2.02. The molecule has 1 heterocycles. The Labute approximate surface area is 130 Å². The molecule has 2 nitrogen and oxygen atoms in total. The van der Waals surface area contributed by atoms with Gasteiger partial charge >= 0.3 is 0 Å². The summed E-state index contributed by atoms with van der Waals surface area (Å²) in [4.78, 5) is 14.6. The zero-order valence-corrected chi connectivity index (χ0v) is 13.6. The number of carbonyl (C=O) groups excluding carboxylic acids is 1. The third kappa shape index (κ3) is 3.90. The molecule has 20 heavy (non-hydrogen) atoms. The van der Waals surface area contributed by atoms with Crippen LogP contribution in [-0.4, -0.2) is 11.9 Å². The molecule has 1 aromatic carbocycles. The first kappa shape index (κ1) is 15.2. The molecular weight excluding hydrogens is 341 g/mol. The Morgan fingerprint density at radius 1 is 1.40 bits per heavy atom. The summed E-state index contributed by atoms with van der Waals surface area (Å²) in [5.41, 5.74) is 0.319. The predicted octanol–water partition coefficient (Wildman–Crippen LogP) is 4.32. The molecule has 0 bridgehead atoms. The lowest BCUT2D eigenvalue weighted by Crippen LogP contribution is -2.34. The van der Waals surface area contributed by atoms with Gasteiger partial charge in [-0.2, -0.15) is 0 Å².